The predicted octanol–water partition coefficient (Wildman–Crippen LogP) is 2.40. The predicted molar refractivity (Wildman–Crippen MR) is 74.8 cm³/mol. The molecule has 2 aromatic rings. The highest BCUT2D eigenvalue weighted by Gasteiger charge is 2.21. The lowest BCUT2D eigenvalue weighted by atomic mass is 10.0. The van der Waals surface area contributed by atoms with Crippen LogP contribution in [0, 0.1) is 0 Å². The van der Waals surface area contributed by atoms with Crippen LogP contribution in [0.4, 0.5) is 0 Å². The first-order chi connectivity index (χ1) is 8.83. The third kappa shape index (κ3) is 2.44. The third-order valence-corrected chi connectivity index (χ3v) is 4.52. The first-order valence-corrected chi connectivity index (χ1v) is 7.22. The van der Waals surface area contributed by atoms with Gasteiger partial charge in [-0.2, -0.15) is 5.10 Å². The zero-order valence-electron chi connectivity index (χ0n) is 10.5. The van der Waals surface area contributed by atoms with Gasteiger partial charge in [0.1, 0.15) is 0 Å². The molecular formula is C14H17N3S. The molecule has 0 amide bonds. The Balaban J connectivity index is 1.56. The SMILES string of the molecule is Cn1ccc(CNCC2CSc3ccccc32)n1. The number of benzene rings is 1. The summed E-state index contributed by atoms with van der Waals surface area (Å²) >= 11 is 1.97. The lowest BCUT2D eigenvalue weighted by Crippen LogP contribution is -2.21. The van der Waals surface area contributed by atoms with Gasteiger partial charge in [-0.05, 0) is 17.7 Å². The minimum absolute atomic E-state index is 0.634. The monoisotopic (exact) mass is 259 g/mol. The van der Waals surface area contributed by atoms with Crippen molar-refractivity contribution in [2.75, 3.05) is 12.3 Å². The minimum atomic E-state index is 0.634. The van der Waals surface area contributed by atoms with Crippen molar-refractivity contribution >= 4 is 11.8 Å². The van der Waals surface area contributed by atoms with Crippen molar-refractivity contribution in [3.63, 3.8) is 0 Å². The van der Waals surface area contributed by atoms with E-state index in [0.29, 0.717) is 5.92 Å². The Kier molecular flexibility index (Phi) is 3.39. The fraction of sp³-hybridized carbons (Fsp3) is 0.357. The molecule has 1 aliphatic heterocycles. The standard InChI is InChI=1S/C14H17N3S/c1-17-7-6-12(16-17)9-15-8-11-10-18-14-5-3-2-4-13(11)14/h2-7,11,15H,8-10H2,1H3. The van der Waals surface area contributed by atoms with Crippen LogP contribution in [0.1, 0.15) is 17.2 Å². The first-order valence-electron chi connectivity index (χ1n) is 6.24. The van der Waals surface area contributed by atoms with Crippen molar-refractivity contribution in [1.82, 2.24) is 15.1 Å². The number of thioether (sulfide) groups is 1. The second-order valence-corrected chi connectivity index (χ2v) is 5.72. The molecule has 0 bridgehead atoms. The van der Waals surface area contributed by atoms with Crippen molar-refractivity contribution in [1.29, 1.82) is 0 Å². The molecule has 18 heavy (non-hydrogen) atoms. The number of nitrogens with zero attached hydrogens (tertiary/aromatic N) is 2. The van der Waals surface area contributed by atoms with E-state index in [2.05, 4.69) is 40.7 Å². The Morgan fingerprint density at radius 2 is 2.28 bits per heavy atom. The minimum Gasteiger partial charge on any atom is -0.310 e. The smallest absolute Gasteiger partial charge is 0.0762 e. The summed E-state index contributed by atoms with van der Waals surface area (Å²) in [5.41, 5.74) is 2.60. The van der Waals surface area contributed by atoms with Crippen molar-refractivity contribution in [3.8, 4) is 0 Å². The number of hydrogen-bond donors (Lipinski definition) is 1. The van der Waals surface area contributed by atoms with Gasteiger partial charge in [-0.25, -0.2) is 0 Å². The van der Waals surface area contributed by atoms with E-state index in [1.54, 1.807) is 0 Å². The maximum atomic E-state index is 4.37. The molecule has 4 heteroatoms. The molecule has 1 aromatic carbocycles. The molecule has 94 valence electrons. The largest absolute Gasteiger partial charge is 0.310 e. The van der Waals surface area contributed by atoms with Crippen LogP contribution < -0.4 is 5.32 Å². The Morgan fingerprint density at radius 1 is 1.39 bits per heavy atom. The van der Waals surface area contributed by atoms with Crippen LogP contribution >= 0.6 is 11.8 Å². The first kappa shape index (κ1) is 11.8. The van der Waals surface area contributed by atoms with Crippen molar-refractivity contribution in [2.24, 2.45) is 7.05 Å². The summed E-state index contributed by atoms with van der Waals surface area (Å²) < 4.78 is 1.84. The number of rotatable bonds is 4. The van der Waals surface area contributed by atoms with E-state index in [-0.39, 0.29) is 0 Å². The van der Waals surface area contributed by atoms with E-state index in [4.69, 9.17) is 0 Å². The lowest BCUT2D eigenvalue weighted by Gasteiger charge is -2.11. The number of aryl methyl sites for hydroxylation is 1. The highest BCUT2D eigenvalue weighted by molar-refractivity contribution is 7.99. The maximum Gasteiger partial charge on any atom is 0.0762 e. The van der Waals surface area contributed by atoms with Gasteiger partial charge in [0.25, 0.3) is 0 Å². The summed E-state index contributed by atoms with van der Waals surface area (Å²) in [7, 11) is 1.95. The molecule has 1 aromatic heterocycles. The van der Waals surface area contributed by atoms with Crippen LogP contribution in [-0.2, 0) is 13.6 Å². The molecule has 0 spiro atoms. The van der Waals surface area contributed by atoms with Gasteiger partial charge in [-0.3, -0.25) is 4.68 Å². The van der Waals surface area contributed by atoms with Gasteiger partial charge in [0.2, 0.25) is 0 Å². The molecule has 3 rings (SSSR count). The summed E-state index contributed by atoms with van der Waals surface area (Å²) in [5, 5.41) is 7.88. The van der Waals surface area contributed by atoms with Crippen LogP contribution in [0.2, 0.25) is 0 Å². The van der Waals surface area contributed by atoms with Gasteiger partial charge >= 0.3 is 0 Å². The molecule has 0 radical (unpaired) electrons. The van der Waals surface area contributed by atoms with Crippen LogP contribution in [0.25, 0.3) is 0 Å². The molecule has 3 nitrogen and oxygen atoms in total. The maximum absolute atomic E-state index is 4.37. The van der Waals surface area contributed by atoms with Crippen molar-refractivity contribution in [3.05, 3.63) is 47.8 Å². The van der Waals surface area contributed by atoms with Crippen molar-refractivity contribution < 1.29 is 0 Å². The molecule has 1 atom stereocenters. The normalized spacial score (nSPS) is 17.9. The van der Waals surface area contributed by atoms with E-state index >= 15 is 0 Å². The molecule has 1 N–H and O–H groups in total. The third-order valence-electron chi connectivity index (χ3n) is 3.26. The number of aromatic nitrogens is 2. The lowest BCUT2D eigenvalue weighted by molar-refractivity contribution is 0.606. The summed E-state index contributed by atoms with van der Waals surface area (Å²) in [4.78, 5) is 1.45. The molecule has 0 aliphatic carbocycles. The highest BCUT2D eigenvalue weighted by Crippen LogP contribution is 2.38. The van der Waals surface area contributed by atoms with Gasteiger partial charge in [-0.15, -0.1) is 11.8 Å². The Hall–Kier alpha value is -1.26. The topological polar surface area (TPSA) is 29.9 Å². The van der Waals surface area contributed by atoms with Gasteiger partial charge < -0.3 is 5.32 Å². The Morgan fingerprint density at radius 3 is 3.11 bits per heavy atom. The van der Waals surface area contributed by atoms with Crippen LogP contribution in [0.5, 0.6) is 0 Å². The van der Waals surface area contributed by atoms with Gasteiger partial charge in [0, 0.05) is 42.9 Å². The summed E-state index contributed by atoms with van der Waals surface area (Å²) in [6, 6.07) is 10.8. The van der Waals surface area contributed by atoms with E-state index in [9.17, 15) is 0 Å². The molecule has 0 saturated heterocycles. The molecule has 0 saturated carbocycles. The van der Waals surface area contributed by atoms with E-state index in [0.717, 1.165) is 18.8 Å². The molecule has 1 aliphatic rings. The zero-order valence-corrected chi connectivity index (χ0v) is 11.3. The van der Waals surface area contributed by atoms with E-state index in [1.807, 2.05) is 29.7 Å². The van der Waals surface area contributed by atoms with Crippen LogP contribution in [-0.4, -0.2) is 22.1 Å². The highest BCUT2D eigenvalue weighted by atomic mass is 32.2. The van der Waals surface area contributed by atoms with Gasteiger partial charge in [0.15, 0.2) is 0 Å². The van der Waals surface area contributed by atoms with Crippen LogP contribution in [0.3, 0.4) is 0 Å². The number of hydrogen-bond acceptors (Lipinski definition) is 3. The Labute approximate surface area is 112 Å². The summed E-state index contributed by atoms with van der Waals surface area (Å²) in [6.07, 6.45) is 1.98. The van der Waals surface area contributed by atoms with Gasteiger partial charge in [0.05, 0.1) is 5.69 Å². The van der Waals surface area contributed by atoms with Crippen molar-refractivity contribution in [2.45, 2.75) is 17.4 Å². The van der Waals surface area contributed by atoms with E-state index in [1.165, 1.54) is 16.2 Å². The number of fused-ring (bicyclic) bond motifs is 1. The molecular weight excluding hydrogens is 242 g/mol. The second kappa shape index (κ2) is 5.16. The fourth-order valence-corrected chi connectivity index (χ4v) is 3.58. The average molecular weight is 259 g/mol. The average Bonchev–Trinajstić information content (AvgIpc) is 2.97. The van der Waals surface area contributed by atoms with Gasteiger partial charge in [-0.1, -0.05) is 18.2 Å². The zero-order chi connectivity index (χ0) is 12.4. The quantitative estimate of drug-likeness (QED) is 0.914. The summed E-state index contributed by atoms with van der Waals surface area (Å²) in [5.74, 6) is 1.82. The van der Waals surface area contributed by atoms with E-state index < -0.39 is 0 Å². The molecule has 2 heterocycles. The number of nitrogens with one attached hydrogen (secondary N) is 1. The molecule has 0 fully saturated rings. The summed E-state index contributed by atoms with van der Waals surface area (Å²) in [6.45, 7) is 1.88. The second-order valence-electron chi connectivity index (χ2n) is 4.66. The molecule has 1 unspecified atom stereocenters. The Bertz CT molecular complexity index is 535. The van der Waals surface area contributed by atoms with Crippen LogP contribution in [0.15, 0.2) is 41.4 Å². The fourth-order valence-electron chi connectivity index (χ4n) is 2.33.